The third kappa shape index (κ3) is 6.21. The van der Waals surface area contributed by atoms with Gasteiger partial charge >= 0.3 is 0 Å². The molecule has 0 aliphatic heterocycles. The lowest BCUT2D eigenvalue weighted by Gasteiger charge is -2.15. The summed E-state index contributed by atoms with van der Waals surface area (Å²) in [6.07, 6.45) is 0. The van der Waals surface area contributed by atoms with E-state index < -0.39 is 0 Å². The third-order valence-corrected chi connectivity index (χ3v) is 12.9. The van der Waals surface area contributed by atoms with Crippen LogP contribution in [0.4, 0.5) is 0 Å². The van der Waals surface area contributed by atoms with Crippen LogP contribution in [0.25, 0.3) is 122 Å². The number of fused-ring (bicyclic) bond motifs is 9. The van der Waals surface area contributed by atoms with Crippen molar-refractivity contribution >= 4 is 54.4 Å². The Labute approximate surface area is 381 Å². The summed E-state index contributed by atoms with van der Waals surface area (Å²) >= 11 is 0. The first kappa shape index (κ1) is 37.6. The van der Waals surface area contributed by atoms with Crippen LogP contribution < -0.4 is 0 Å². The molecule has 5 nitrogen and oxygen atoms in total. The van der Waals surface area contributed by atoms with E-state index in [0.717, 1.165) is 66.4 Å². The minimum absolute atomic E-state index is 0.564. The maximum absolute atomic E-state index is 5.32. The van der Waals surface area contributed by atoms with Gasteiger partial charge in [0.1, 0.15) is 0 Å². The Balaban J connectivity index is 1.10. The molecule has 0 saturated heterocycles. The number of rotatable bonds is 7. The number of hydrogen-bond acceptors (Lipinski definition) is 3. The van der Waals surface area contributed by atoms with Gasteiger partial charge < -0.3 is 4.57 Å². The number of aromatic nitrogens is 5. The molecule has 0 atom stereocenters. The molecule has 308 valence electrons. The van der Waals surface area contributed by atoms with Crippen LogP contribution in [0.5, 0.6) is 0 Å². The predicted octanol–water partition coefficient (Wildman–Crippen LogP) is 15.6. The summed E-state index contributed by atoms with van der Waals surface area (Å²) in [6, 6.07) is 84.1. The van der Waals surface area contributed by atoms with Crippen LogP contribution in [-0.4, -0.2) is 24.1 Å². The average molecular weight is 842 g/mol. The van der Waals surface area contributed by atoms with Crippen molar-refractivity contribution in [1.82, 2.24) is 24.1 Å². The zero-order chi connectivity index (χ0) is 43.6. The van der Waals surface area contributed by atoms with Crippen molar-refractivity contribution in [2.75, 3.05) is 0 Å². The lowest BCUT2D eigenvalue weighted by molar-refractivity contribution is 0.953. The minimum Gasteiger partial charge on any atom is -0.309 e. The first-order valence-corrected chi connectivity index (χ1v) is 22.4. The second-order valence-corrected chi connectivity index (χ2v) is 16.8. The van der Waals surface area contributed by atoms with E-state index in [9.17, 15) is 0 Å². The van der Waals surface area contributed by atoms with Crippen molar-refractivity contribution in [3.63, 3.8) is 0 Å². The molecule has 0 N–H and O–H groups in total. The van der Waals surface area contributed by atoms with Gasteiger partial charge in [-0.25, -0.2) is 4.98 Å². The van der Waals surface area contributed by atoms with Gasteiger partial charge in [0.05, 0.1) is 22.1 Å². The summed E-state index contributed by atoms with van der Waals surface area (Å²) < 4.78 is 4.72. The van der Waals surface area contributed by atoms with Gasteiger partial charge in [-0.1, -0.05) is 200 Å². The summed E-state index contributed by atoms with van der Waals surface area (Å²) in [5.41, 5.74) is 14.3. The van der Waals surface area contributed by atoms with Crippen LogP contribution in [0.3, 0.4) is 0 Å². The van der Waals surface area contributed by atoms with Gasteiger partial charge in [0, 0.05) is 43.7 Å². The molecule has 0 amide bonds. The first-order valence-electron chi connectivity index (χ1n) is 22.4. The summed E-state index contributed by atoms with van der Waals surface area (Å²) in [4.78, 5) is 15.7. The van der Waals surface area contributed by atoms with E-state index in [4.69, 9.17) is 15.0 Å². The van der Waals surface area contributed by atoms with Gasteiger partial charge in [-0.05, 0) is 75.2 Å². The highest BCUT2D eigenvalue weighted by Crippen LogP contribution is 2.45. The third-order valence-electron chi connectivity index (χ3n) is 12.9. The molecule has 3 aromatic heterocycles. The fourth-order valence-electron chi connectivity index (χ4n) is 9.90. The van der Waals surface area contributed by atoms with Crippen molar-refractivity contribution in [2.24, 2.45) is 0 Å². The number of hydrogen-bond donors (Lipinski definition) is 0. The average Bonchev–Trinajstić information content (AvgIpc) is 3.93. The maximum Gasteiger partial charge on any atom is 0.238 e. The lowest BCUT2D eigenvalue weighted by Crippen LogP contribution is -2.06. The molecular formula is C61H39N5. The smallest absolute Gasteiger partial charge is 0.238 e. The molecule has 13 rings (SSSR count). The largest absolute Gasteiger partial charge is 0.309 e. The van der Waals surface area contributed by atoms with Crippen molar-refractivity contribution in [3.05, 3.63) is 237 Å². The van der Waals surface area contributed by atoms with Gasteiger partial charge in [0.15, 0.2) is 11.6 Å². The molecule has 0 bridgehead atoms. The molecule has 0 radical (unpaired) electrons. The van der Waals surface area contributed by atoms with Gasteiger partial charge in [0.2, 0.25) is 5.95 Å². The van der Waals surface area contributed by atoms with Gasteiger partial charge in [0.25, 0.3) is 0 Å². The van der Waals surface area contributed by atoms with Crippen LogP contribution in [0.15, 0.2) is 237 Å². The predicted molar refractivity (Wildman–Crippen MR) is 273 cm³/mol. The van der Waals surface area contributed by atoms with Crippen LogP contribution >= 0.6 is 0 Å². The van der Waals surface area contributed by atoms with Gasteiger partial charge in [-0.15, -0.1) is 0 Å². The highest BCUT2D eigenvalue weighted by molar-refractivity contribution is 6.31. The first-order chi connectivity index (χ1) is 32.7. The second-order valence-electron chi connectivity index (χ2n) is 16.8. The summed E-state index contributed by atoms with van der Waals surface area (Å²) in [7, 11) is 0. The van der Waals surface area contributed by atoms with Crippen LogP contribution in [0.2, 0.25) is 0 Å². The Morgan fingerprint density at radius 3 is 1.35 bits per heavy atom. The Bertz CT molecular complexity index is 3890. The molecule has 13 aromatic rings. The van der Waals surface area contributed by atoms with Gasteiger partial charge in [-0.2, -0.15) is 9.97 Å². The van der Waals surface area contributed by atoms with Crippen LogP contribution in [0, 0.1) is 0 Å². The van der Waals surface area contributed by atoms with E-state index in [2.05, 4.69) is 221 Å². The molecular weight excluding hydrogens is 803 g/mol. The Hall–Kier alpha value is -8.93. The highest BCUT2D eigenvalue weighted by atomic mass is 15.2. The fourth-order valence-corrected chi connectivity index (χ4v) is 9.90. The summed E-state index contributed by atoms with van der Waals surface area (Å²) in [6.45, 7) is 0. The zero-order valence-corrected chi connectivity index (χ0v) is 35.8. The van der Waals surface area contributed by atoms with Crippen molar-refractivity contribution in [3.8, 4) is 67.8 Å². The summed E-state index contributed by atoms with van der Waals surface area (Å²) in [5, 5.41) is 7.04. The molecule has 0 spiro atoms. The highest BCUT2D eigenvalue weighted by Gasteiger charge is 2.24. The fraction of sp³-hybridized carbons (Fsp3) is 0. The quantitative estimate of drug-likeness (QED) is 0.161. The van der Waals surface area contributed by atoms with E-state index in [1.165, 1.54) is 38.2 Å². The lowest BCUT2D eigenvalue weighted by atomic mass is 9.98. The SMILES string of the molecule is c1ccc(-c2ccc(-c3nc(-c4ccccc4)nc(-n4c5ccccc5c5c6c7ccc8ccccc8c7n(-c7cc(-c8ccccc8)cc(-c8ccccc8)c7)c6ccc54)n3)cc2)cc1. The Morgan fingerprint density at radius 2 is 0.727 bits per heavy atom. The topological polar surface area (TPSA) is 48.5 Å². The molecule has 0 saturated carbocycles. The number of para-hydroxylation sites is 1. The second kappa shape index (κ2) is 15.4. The maximum atomic E-state index is 5.32. The molecule has 10 aromatic carbocycles. The molecule has 0 aliphatic carbocycles. The van der Waals surface area contributed by atoms with E-state index in [0.29, 0.717) is 17.6 Å². The van der Waals surface area contributed by atoms with E-state index in [1.54, 1.807) is 0 Å². The van der Waals surface area contributed by atoms with Crippen molar-refractivity contribution in [1.29, 1.82) is 0 Å². The molecule has 0 aliphatic rings. The van der Waals surface area contributed by atoms with Crippen molar-refractivity contribution in [2.45, 2.75) is 0 Å². The van der Waals surface area contributed by atoms with Gasteiger partial charge in [-0.3, -0.25) is 4.57 Å². The molecule has 3 heterocycles. The number of nitrogens with zero attached hydrogens (tertiary/aromatic N) is 5. The Morgan fingerprint density at radius 1 is 0.273 bits per heavy atom. The van der Waals surface area contributed by atoms with E-state index in [-0.39, 0.29) is 0 Å². The molecule has 5 heteroatoms. The van der Waals surface area contributed by atoms with Crippen molar-refractivity contribution < 1.29 is 0 Å². The minimum atomic E-state index is 0.564. The van der Waals surface area contributed by atoms with Crippen LogP contribution in [-0.2, 0) is 0 Å². The number of benzene rings is 10. The molecule has 66 heavy (non-hydrogen) atoms. The van der Waals surface area contributed by atoms with E-state index >= 15 is 0 Å². The monoisotopic (exact) mass is 841 g/mol. The van der Waals surface area contributed by atoms with Crippen LogP contribution in [0.1, 0.15) is 0 Å². The molecule has 0 unspecified atom stereocenters. The van der Waals surface area contributed by atoms with E-state index in [1.807, 2.05) is 24.3 Å². The molecule has 0 fully saturated rings. The Kier molecular flexibility index (Phi) is 8.78. The standard InChI is InChI=1S/C61H39N5/c1-5-17-40(18-6-1)43-29-31-46(32-30-43)60-62-59(45-24-11-4-12-25-45)63-61(64-60)66-53-28-16-15-27-51(53)56-55(66)36-35-54-57(56)52-34-33-44-23-13-14-26-50(44)58(52)65(54)49-38-47(41-19-7-2-8-20-41)37-48(39-49)42-21-9-3-10-22-42/h1-39H. The normalized spacial score (nSPS) is 11.6. The summed E-state index contributed by atoms with van der Waals surface area (Å²) in [5.74, 6) is 1.79. The zero-order valence-electron chi connectivity index (χ0n) is 35.8.